The number of aliphatic hydroxyl groups is 4. The van der Waals surface area contributed by atoms with E-state index in [-0.39, 0.29) is 6.42 Å². The van der Waals surface area contributed by atoms with E-state index in [2.05, 4.69) is 9.98 Å². The summed E-state index contributed by atoms with van der Waals surface area (Å²) < 4.78 is 5.56. The van der Waals surface area contributed by atoms with Crippen LogP contribution in [0.5, 0.6) is 0 Å². The van der Waals surface area contributed by atoms with Crippen LogP contribution in [0.1, 0.15) is 22.8 Å². The molecular weight excluding hydrogens is 428 g/mol. The molecule has 33 heavy (non-hydrogen) atoms. The zero-order chi connectivity index (χ0) is 23.5. The highest BCUT2D eigenvalue weighted by atomic mass is 16.5. The fourth-order valence-electron chi connectivity index (χ4n) is 4.04. The normalized spacial score (nSPS) is 26.6. The fraction of sp³-hybridized carbons (Fsp3) is 0.333. The number of carbonyl (C=O) groups is 1. The molecule has 6 N–H and O–H groups in total. The quantitative estimate of drug-likeness (QED) is 0.288. The molecule has 2 heterocycles. The number of ether oxygens (including phenoxy) is 1. The Hall–Kier alpha value is -3.08. The van der Waals surface area contributed by atoms with Crippen LogP contribution in [0.3, 0.4) is 0 Å². The molecule has 3 aromatic rings. The first-order chi connectivity index (χ1) is 15.9. The maximum absolute atomic E-state index is 11.8. The molecule has 1 aliphatic rings. The molecule has 0 saturated carbocycles. The summed E-state index contributed by atoms with van der Waals surface area (Å²) in [4.78, 5) is 19.2. The van der Waals surface area contributed by atoms with Crippen LogP contribution in [-0.2, 0) is 16.0 Å². The smallest absolute Gasteiger partial charge is 0.328 e. The second-order valence-electron chi connectivity index (χ2n) is 8.11. The number of carboxylic acids is 1. The molecule has 0 aliphatic carbocycles. The fourth-order valence-corrected chi connectivity index (χ4v) is 4.04. The molecule has 1 aromatic heterocycles. The van der Waals surface area contributed by atoms with Crippen LogP contribution in [0.15, 0.2) is 59.7 Å². The Kier molecular flexibility index (Phi) is 6.87. The number of fused-ring (bicyclic) bond motifs is 1. The van der Waals surface area contributed by atoms with E-state index in [4.69, 9.17) is 4.74 Å². The summed E-state index contributed by atoms with van der Waals surface area (Å²) in [5.74, 6) is -1.03. The predicted molar refractivity (Wildman–Crippen MR) is 120 cm³/mol. The molecule has 1 saturated heterocycles. The largest absolute Gasteiger partial charge is 0.480 e. The van der Waals surface area contributed by atoms with Crippen LogP contribution < -0.4 is 0 Å². The summed E-state index contributed by atoms with van der Waals surface area (Å²) in [6.45, 7) is -0.501. The van der Waals surface area contributed by atoms with Gasteiger partial charge in [-0.25, -0.2) is 4.79 Å². The van der Waals surface area contributed by atoms with Crippen molar-refractivity contribution in [3.8, 4) is 0 Å². The third-order valence-corrected chi connectivity index (χ3v) is 5.93. The number of aromatic amines is 1. The van der Waals surface area contributed by atoms with Crippen LogP contribution in [0, 0.1) is 0 Å². The van der Waals surface area contributed by atoms with Gasteiger partial charge in [0.2, 0.25) is 0 Å². The highest BCUT2D eigenvalue weighted by Crippen LogP contribution is 2.32. The number of nitrogens with zero attached hydrogens (tertiary/aromatic N) is 1. The zero-order valence-electron chi connectivity index (χ0n) is 17.7. The molecule has 1 fully saturated rings. The summed E-state index contributed by atoms with van der Waals surface area (Å²) >= 11 is 0. The minimum atomic E-state index is -1.46. The van der Waals surface area contributed by atoms with Crippen LogP contribution >= 0.6 is 0 Å². The lowest BCUT2D eigenvalue weighted by atomic mass is 9.91. The van der Waals surface area contributed by atoms with E-state index in [1.54, 1.807) is 30.5 Å². The zero-order valence-corrected chi connectivity index (χ0v) is 17.7. The van der Waals surface area contributed by atoms with Crippen molar-refractivity contribution in [2.24, 2.45) is 4.99 Å². The van der Waals surface area contributed by atoms with Gasteiger partial charge in [0.15, 0.2) is 6.04 Å². The molecule has 0 radical (unpaired) electrons. The van der Waals surface area contributed by atoms with Gasteiger partial charge in [-0.05, 0) is 22.8 Å². The molecule has 6 atom stereocenters. The lowest BCUT2D eigenvalue weighted by molar-refractivity contribution is -0.231. The first-order valence-corrected chi connectivity index (χ1v) is 10.6. The Bertz CT molecular complexity index is 1130. The number of aliphatic carboxylic acids is 1. The summed E-state index contributed by atoms with van der Waals surface area (Å²) in [5, 5.41) is 50.1. The van der Waals surface area contributed by atoms with E-state index >= 15 is 0 Å². The summed E-state index contributed by atoms with van der Waals surface area (Å²) in [6.07, 6.45) is -2.65. The Morgan fingerprint density at radius 3 is 2.48 bits per heavy atom. The van der Waals surface area contributed by atoms with Gasteiger partial charge in [0, 0.05) is 29.7 Å². The van der Waals surface area contributed by atoms with E-state index in [9.17, 15) is 30.3 Å². The van der Waals surface area contributed by atoms with Gasteiger partial charge in [-0.1, -0.05) is 42.5 Å². The molecule has 9 heteroatoms. The lowest BCUT2D eigenvalue weighted by Crippen LogP contribution is -2.55. The van der Waals surface area contributed by atoms with E-state index in [1.165, 1.54) is 6.21 Å². The van der Waals surface area contributed by atoms with E-state index in [1.807, 2.05) is 24.3 Å². The number of aromatic nitrogens is 1. The number of aliphatic hydroxyl groups excluding tert-OH is 4. The number of hydrogen-bond acceptors (Lipinski definition) is 7. The summed E-state index contributed by atoms with van der Waals surface area (Å²) in [6, 6.07) is 13.4. The molecule has 0 spiro atoms. The van der Waals surface area contributed by atoms with Gasteiger partial charge >= 0.3 is 5.97 Å². The average Bonchev–Trinajstić information content (AvgIpc) is 3.23. The lowest BCUT2D eigenvalue weighted by Gasteiger charge is -2.40. The van der Waals surface area contributed by atoms with Gasteiger partial charge < -0.3 is 35.3 Å². The third-order valence-electron chi connectivity index (χ3n) is 5.93. The van der Waals surface area contributed by atoms with Crippen molar-refractivity contribution < 1.29 is 35.1 Å². The number of aliphatic imine (C=N–C) groups is 1. The number of nitrogens with one attached hydrogen (secondary N) is 1. The third kappa shape index (κ3) is 4.82. The highest BCUT2D eigenvalue weighted by molar-refractivity contribution is 5.86. The predicted octanol–water partition coefficient (Wildman–Crippen LogP) is 0.798. The van der Waals surface area contributed by atoms with Gasteiger partial charge in [0.05, 0.1) is 6.61 Å². The van der Waals surface area contributed by atoms with Crippen molar-refractivity contribution in [2.75, 3.05) is 6.61 Å². The molecule has 174 valence electrons. The average molecular weight is 454 g/mol. The van der Waals surface area contributed by atoms with Crippen molar-refractivity contribution in [1.29, 1.82) is 0 Å². The number of hydrogen-bond donors (Lipinski definition) is 6. The van der Waals surface area contributed by atoms with E-state index < -0.39 is 49.1 Å². The molecule has 2 aromatic carbocycles. The van der Waals surface area contributed by atoms with Gasteiger partial charge in [0.1, 0.15) is 30.5 Å². The standard InChI is InChI=1S/C24H26N2O7/c27-12-19-20(28)21(29)22(30)23(33-19)14-7-5-13(6-8-14)10-25-18(24(31)32)9-15-11-26-17-4-2-1-3-16(15)17/h1-8,10-11,18-23,26-30H,9,12H2,(H,31,32)/t18-,19+,20+,21+,22+,23-/m0/s1. The second-order valence-corrected chi connectivity index (χ2v) is 8.11. The molecule has 0 amide bonds. The van der Waals surface area contributed by atoms with Crippen molar-refractivity contribution in [1.82, 2.24) is 4.98 Å². The molecule has 9 nitrogen and oxygen atoms in total. The number of H-pyrrole nitrogens is 1. The number of rotatable bonds is 7. The summed E-state index contributed by atoms with van der Waals surface area (Å²) in [5.41, 5.74) is 2.99. The maximum atomic E-state index is 11.8. The van der Waals surface area contributed by atoms with Gasteiger partial charge in [-0.2, -0.15) is 0 Å². The number of carboxylic acid groups (broad SMARTS) is 1. The minimum absolute atomic E-state index is 0.235. The van der Waals surface area contributed by atoms with Crippen molar-refractivity contribution in [3.63, 3.8) is 0 Å². The second kappa shape index (κ2) is 9.82. The maximum Gasteiger partial charge on any atom is 0.328 e. The molecule has 1 aliphatic heterocycles. The van der Waals surface area contributed by atoms with E-state index in [0.29, 0.717) is 11.1 Å². The molecule has 4 rings (SSSR count). The number of para-hydroxylation sites is 1. The SMILES string of the molecule is O=C(O)[C@H](Cc1c[nH]c2ccccc12)N=Cc1ccc([C@@H]2O[C@H](CO)[C@@H](O)[C@@H](O)[C@H]2O)cc1. The Balaban J connectivity index is 1.48. The molecule has 0 unspecified atom stereocenters. The van der Waals surface area contributed by atoms with Gasteiger partial charge in [-0.15, -0.1) is 0 Å². The van der Waals surface area contributed by atoms with Crippen LogP contribution in [0.4, 0.5) is 0 Å². The van der Waals surface area contributed by atoms with Crippen molar-refractivity contribution >= 4 is 23.1 Å². The Morgan fingerprint density at radius 1 is 1.06 bits per heavy atom. The monoisotopic (exact) mass is 454 g/mol. The van der Waals surface area contributed by atoms with Gasteiger partial charge in [0.25, 0.3) is 0 Å². The minimum Gasteiger partial charge on any atom is -0.480 e. The van der Waals surface area contributed by atoms with Crippen molar-refractivity contribution in [2.45, 2.75) is 43.0 Å². The molecular formula is C24H26N2O7. The Morgan fingerprint density at radius 2 is 1.79 bits per heavy atom. The van der Waals surface area contributed by atoms with Crippen LogP contribution in [0.2, 0.25) is 0 Å². The van der Waals surface area contributed by atoms with E-state index in [0.717, 1.165) is 16.5 Å². The molecule has 0 bridgehead atoms. The van der Waals surface area contributed by atoms with Gasteiger partial charge in [-0.3, -0.25) is 4.99 Å². The number of benzene rings is 2. The first kappa shape index (κ1) is 23.1. The topological polar surface area (TPSA) is 156 Å². The first-order valence-electron chi connectivity index (χ1n) is 10.6. The van der Waals surface area contributed by atoms with Crippen LogP contribution in [-0.4, -0.2) is 79.8 Å². The Labute approximate surface area is 189 Å². The van der Waals surface area contributed by atoms with Crippen LogP contribution in [0.25, 0.3) is 10.9 Å². The summed E-state index contributed by atoms with van der Waals surface area (Å²) in [7, 11) is 0. The van der Waals surface area contributed by atoms with Crippen molar-refractivity contribution in [3.05, 3.63) is 71.4 Å². The highest BCUT2D eigenvalue weighted by Gasteiger charge is 2.43.